The number of aryl methyl sites for hydroxylation is 2. The fraction of sp³-hybridized carbons (Fsp3) is 0.385. The maximum absolute atomic E-state index is 9.70. The smallest absolute Gasteiger partial charge is 0.115 e. The molecule has 0 fully saturated rings. The Labute approximate surface area is 179 Å². The van der Waals surface area contributed by atoms with Crippen LogP contribution in [0, 0.1) is 0 Å². The highest BCUT2D eigenvalue weighted by atomic mass is 16.3. The molecular formula is C26H32N2O2. The van der Waals surface area contributed by atoms with Gasteiger partial charge >= 0.3 is 0 Å². The van der Waals surface area contributed by atoms with Crippen LogP contribution in [0.5, 0.6) is 11.5 Å². The number of benzene rings is 2. The quantitative estimate of drug-likeness (QED) is 0.370. The van der Waals surface area contributed by atoms with Crippen LogP contribution in [0.4, 0.5) is 0 Å². The van der Waals surface area contributed by atoms with Crippen molar-refractivity contribution in [2.75, 3.05) is 0 Å². The van der Waals surface area contributed by atoms with Gasteiger partial charge in [0.05, 0.1) is 22.8 Å². The fourth-order valence-electron chi connectivity index (χ4n) is 3.64. The molecule has 0 saturated heterocycles. The number of nitrogens with zero attached hydrogens (tertiary/aromatic N) is 2. The van der Waals surface area contributed by atoms with E-state index in [4.69, 9.17) is 9.97 Å². The van der Waals surface area contributed by atoms with Crippen molar-refractivity contribution in [2.45, 2.75) is 65.2 Å². The van der Waals surface area contributed by atoms with Crippen LogP contribution in [-0.4, -0.2) is 20.2 Å². The summed E-state index contributed by atoms with van der Waals surface area (Å²) in [5, 5.41) is 19.4. The van der Waals surface area contributed by atoms with Crippen molar-refractivity contribution in [3.63, 3.8) is 0 Å². The molecule has 0 aliphatic heterocycles. The van der Waals surface area contributed by atoms with Crippen LogP contribution in [-0.2, 0) is 12.8 Å². The topological polar surface area (TPSA) is 66.2 Å². The van der Waals surface area contributed by atoms with Crippen LogP contribution in [0.25, 0.3) is 22.5 Å². The summed E-state index contributed by atoms with van der Waals surface area (Å²) < 4.78 is 0. The number of unbranched alkanes of at least 4 members (excludes halogenated alkanes) is 4. The summed E-state index contributed by atoms with van der Waals surface area (Å²) >= 11 is 0. The molecule has 0 amide bonds. The van der Waals surface area contributed by atoms with E-state index in [1.54, 1.807) is 24.3 Å². The standard InChI is InChI=1S/C26H32N2O2/c1-3-5-7-9-23-25(19-11-15-21(29)16-12-19)28-24(10-8-6-4-2)26(27-23)20-13-17-22(30)18-14-20/h11-18,29-30H,3-10H2,1-2H3. The molecule has 0 aliphatic rings. The first-order valence-corrected chi connectivity index (χ1v) is 11.1. The Bertz CT molecular complexity index is 855. The van der Waals surface area contributed by atoms with E-state index in [1.165, 1.54) is 0 Å². The second kappa shape index (κ2) is 10.8. The van der Waals surface area contributed by atoms with Crippen molar-refractivity contribution in [1.82, 2.24) is 9.97 Å². The first-order valence-electron chi connectivity index (χ1n) is 11.1. The summed E-state index contributed by atoms with van der Waals surface area (Å²) in [6.07, 6.45) is 8.51. The zero-order chi connectivity index (χ0) is 21.3. The van der Waals surface area contributed by atoms with Crippen molar-refractivity contribution in [1.29, 1.82) is 0 Å². The van der Waals surface area contributed by atoms with Gasteiger partial charge in [0.1, 0.15) is 11.5 Å². The van der Waals surface area contributed by atoms with Crippen LogP contribution in [0.3, 0.4) is 0 Å². The predicted molar refractivity (Wildman–Crippen MR) is 123 cm³/mol. The van der Waals surface area contributed by atoms with E-state index in [0.717, 1.165) is 85.3 Å². The molecule has 30 heavy (non-hydrogen) atoms. The van der Waals surface area contributed by atoms with Gasteiger partial charge in [-0.05, 0) is 74.2 Å². The maximum atomic E-state index is 9.70. The van der Waals surface area contributed by atoms with Gasteiger partial charge in [0.25, 0.3) is 0 Å². The van der Waals surface area contributed by atoms with E-state index >= 15 is 0 Å². The molecule has 1 aromatic heterocycles. The third-order valence-corrected chi connectivity index (χ3v) is 5.36. The first-order chi connectivity index (χ1) is 14.6. The Morgan fingerprint density at radius 1 is 0.567 bits per heavy atom. The van der Waals surface area contributed by atoms with Gasteiger partial charge in [0.2, 0.25) is 0 Å². The summed E-state index contributed by atoms with van der Waals surface area (Å²) in [4.78, 5) is 10.2. The lowest BCUT2D eigenvalue weighted by Gasteiger charge is -2.15. The van der Waals surface area contributed by atoms with Gasteiger partial charge in [0.15, 0.2) is 0 Å². The normalized spacial score (nSPS) is 11.0. The lowest BCUT2D eigenvalue weighted by molar-refractivity contribution is 0.475. The van der Waals surface area contributed by atoms with Gasteiger partial charge in [-0.2, -0.15) is 0 Å². The van der Waals surface area contributed by atoms with Gasteiger partial charge in [-0.25, -0.2) is 9.97 Å². The van der Waals surface area contributed by atoms with Crippen LogP contribution >= 0.6 is 0 Å². The van der Waals surface area contributed by atoms with Crippen LogP contribution < -0.4 is 0 Å². The molecule has 0 radical (unpaired) electrons. The Hall–Kier alpha value is -2.88. The van der Waals surface area contributed by atoms with E-state index in [0.29, 0.717) is 0 Å². The molecule has 0 bridgehead atoms. The number of aromatic nitrogens is 2. The summed E-state index contributed by atoms with van der Waals surface area (Å²) in [5.74, 6) is 0.506. The largest absolute Gasteiger partial charge is 0.508 e. The van der Waals surface area contributed by atoms with Gasteiger partial charge < -0.3 is 10.2 Å². The van der Waals surface area contributed by atoms with Crippen molar-refractivity contribution < 1.29 is 10.2 Å². The molecule has 3 rings (SSSR count). The molecule has 4 heteroatoms. The van der Waals surface area contributed by atoms with Crippen LogP contribution in [0.2, 0.25) is 0 Å². The molecular weight excluding hydrogens is 372 g/mol. The van der Waals surface area contributed by atoms with E-state index in [1.807, 2.05) is 24.3 Å². The van der Waals surface area contributed by atoms with Crippen LogP contribution in [0.15, 0.2) is 48.5 Å². The van der Waals surface area contributed by atoms with E-state index in [2.05, 4.69) is 13.8 Å². The highest BCUT2D eigenvalue weighted by Crippen LogP contribution is 2.30. The molecule has 0 saturated carbocycles. The van der Waals surface area contributed by atoms with E-state index < -0.39 is 0 Å². The minimum atomic E-state index is 0.253. The Kier molecular flexibility index (Phi) is 7.83. The highest BCUT2D eigenvalue weighted by Gasteiger charge is 2.16. The molecule has 4 nitrogen and oxygen atoms in total. The second-order valence-corrected chi connectivity index (χ2v) is 7.82. The van der Waals surface area contributed by atoms with Gasteiger partial charge in [0, 0.05) is 11.1 Å². The molecule has 2 aromatic carbocycles. The van der Waals surface area contributed by atoms with Crippen molar-refractivity contribution in [2.24, 2.45) is 0 Å². The van der Waals surface area contributed by atoms with E-state index in [-0.39, 0.29) is 11.5 Å². The molecule has 0 atom stereocenters. The number of aromatic hydroxyl groups is 2. The molecule has 3 aromatic rings. The number of rotatable bonds is 10. The molecule has 0 unspecified atom stereocenters. The van der Waals surface area contributed by atoms with Crippen LogP contribution in [0.1, 0.15) is 63.8 Å². The molecule has 1 heterocycles. The molecule has 158 valence electrons. The van der Waals surface area contributed by atoms with Crippen molar-refractivity contribution >= 4 is 0 Å². The van der Waals surface area contributed by atoms with Gasteiger partial charge in [-0.1, -0.05) is 39.5 Å². The molecule has 2 N–H and O–H groups in total. The van der Waals surface area contributed by atoms with Crippen molar-refractivity contribution in [3.05, 3.63) is 59.9 Å². The third kappa shape index (κ3) is 5.59. The lowest BCUT2D eigenvalue weighted by atomic mass is 10.0. The highest BCUT2D eigenvalue weighted by molar-refractivity contribution is 5.68. The Morgan fingerprint density at radius 2 is 0.933 bits per heavy atom. The summed E-state index contributed by atoms with van der Waals surface area (Å²) in [5.41, 5.74) is 5.80. The SMILES string of the molecule is CCCCCc1nc(-c2ccc(O)cc2)c(CCCCC)nc1-c1ccc(O)cc1. The van der Waals surface area contributed by atoms with E-state index in [9.17, 15) is 10.2 Å². The molecule has 0 aliphatic carbocycles. The monoisotopic (exact) mass is 404 g/mol. The van der Waals surface area contributed by atoms with Gasteiger partial charge in [-0.15, -0.1) is 0 Å². The zero-order valence-electron chi connectivity index (χ0n) is 18.1. The zero-order valence-corrected chi connectivity index (χ0v) is 18.1. The number of hydrogen-bond acceptors (Lipinski definition) is 4. The first kappa shape index (κ1) is 21.8. The number of phenols is 2. The minimum absolute atomic E-state index is 0.253. The fourth-order valence-corrected chi connectivity index (χ4v) is 3.64. The Morgan fingerprint density at radius 3 is 1.27 bits per heavy atom. The molecule has 0 spiro atoms. The lowest BCUT2D eigenvalue weighted by Crippen LogP contribution is -2.06. The summed E-state index contributed by atoms with van der Waals surface area (Å²) in [7, 11) is 0. The third-order valence-electron chi connectivity index (χ3n) is 5.36. The van der Waals surface area contributed by atoms with Crippen molar-refractivity contribution in [3.8, 4) is 34.0 Å². The summed E-state index contributed by atoms with van der Waals surface area (Å²) in [6, 6.07) is 14.5. The number of hydrogen-bond donors (Lipinski definition) is 2. The summed E-state index contributed by atoms with van der Waals surface area (Å²) in [6.45, 7) is 4.40. The average molecular weight is 405 g/mol. The average Bonchev–Trinajstić information content (AvgIpc) is 2.76. The van der Waals surface area contributed by atoms with Gasteiger partial charge in [-0.3, -0.25) is 0 Å². The Balaban J connectivity index is 2.10. The second-order valence-electron chi connectivity index (χ2n) is 7.82. The predicted octanol–water partition coefficient (Wildman–Crippen LogP) is 6.69. The minimum Gasteiger partial charge on any atom is -0.508 e. The maximum Gasteiger partial charge on any atom is 0.115 e. The number of phenolic OH excluding ortho intramolecular Hbond substituents is 2.